The maximum atomic E-state index is 11.7. The van der Waals surface area contributed by atoms with Crippen LogP contribution in [0.1, 0.15) is 33.6 Å². The van der Waals surface area contributed by atoms with Crippen LogP contribution in [0.2, 0.25) is 0 Å². The first-order chi connectivity index (χ1) is 10.3. The molecule has 2 N–H and O–H groups in total. The van der Waals surface area contributed by atoms with Crippen molar-refractivity contribution in [3.63, 3.8) is 0 Å². The molecule has 1 aromatic carbocycles. The maximum absolute atomic E-state index is 11.7. The molecule has 0 atom stereocenters. The van der Waals surface area contributed by atoms with Crippen molar-refractivity contribution >= 4 is 27.7 Å². The van der Waals surface area contributed by atoms with Crippen LogP contribution in [0.5, 0.6) is 5.75 Å². The molecule has 0 unspecified atom stereocenters. The van der Waals surface area contributed by atoms with Crippen molar-refractivity contribution in [2.45, 2.75) is 51.3 Å². The Morgan fingerprint density at radius 2 is 1.95 bits per heavy atom. The van der Waals surface area contributed by atoms with Gasteiger partial charge < -0.3 is 20.1 Å². The number of para-hydroxylation sites is 1. The summed E-state index contributed by atoms with van der Waals surface area (Å²) in [5.41, 5.74) is 0.485. The van der Waals surface area contributed by atoms with Crippen molar-refractivity contribution < 1.29 is 14.3 Å². The fourth-order valence-corrected chi connectivity index (χ4v) is 2.81. The molecule has 1 aliphatic carbocycles. The van der Waals surface area contributed by atoms with Gasteiger partial charge in [-0.1, -0.05) is 6.07 Å². The molecule has 1 fully saturated rings. The molecule has 0 saturated heterocycles. The van der Waals surface area contributed by atoms with Gasteiger partial charge in [0, 0.05) is 16.6 Å². The van der Waals surface area contributed by atoms with E-state index in [2.05, 4.69) is 26.6 Å². The zero-order valence-electron chi connectivity index (χ0n) is 13.4. The minimum Gasteiger partial charge on any atom is -0.495 e. The normalized spacial score (nSPS) is 20.8. The first kappa shape index (κ1) is 16.9. The summed E-state index contributed by atoms with van der Waals surface area (Å²) in [6.45, 7) is 5.57. The Balaban J connectivity index is 1.82. The van der Waals surface area contributed by atoms with E-state index in [1.165, 1.54) is 0 Å². The Hall–Kier alpha value is -1.43. The summed E-state index contributed by atoms with van der Waals surface area (Å²) < 4.78 is 11.6. The Labute approximate surface area is 139 Å². The molecule has 6 heteroatoms. The lowest BCUT2D eigenvalue weighted by Crippen LogP contribution is -2.50. The molecule has 0 aliphatic heterocycles. The molecular formula is C16H23BrN2O3. The molecular weight excluding hydrogens is 348 g/mol. The second kappa shape index (κ2) is 6.77. The van der Waals surface area contributed by atoms with Crippen LogP contribution in [0.15, 0.2) is 22.7 Å². The van der Waals surface area contributed by atoms with Crippen LogP contribution >= 0.6 is 15.9 Å². The maximum Gasteiger partial charge on any atom is 0.407 e. The molecule has 0 heterocycles. The summed E-state index contributed by atoms with van der Waals surface area (Å²) in [7, 11) is 1.65. The lowest BCUT2D eigenvalue weighted by atomic mass is 9.86. The molecule has 0 aromatic heterocycles. The molecule has 1 aliphatic rings. The molecule has 0 spiro atoms. The van der Waals surface area contributed by atoms with E-state index in [1.807, 2.05) is 39.0 Å². The molecule has 2 rings (SSSR count). The summed E-state index contributed by atoms with van der Waals surface area (Å²) in [5, 5.41) is 6.34. The van der Waals surface area contributed by atoms with Gasteiger partial charge in [-0.3, -0.25) is 0 Å². The third kappa shape index (κ3) is 4.53. The standard InChI is InChI=1S/C16H23BrN2O3/c1-16(2,3)22-15(20)19-11-8-10(9-11)18-14-12(17)6-5-7-13(14)21-4/h5-7,10-11,18H,8-9H2,1-4H3,(H,19,20). The highest BCUT2D eigenvalue weighted by molar-refractivity contribution is 9.10. The number of hydrogen-bond donors (Lipinski definition) is 2. The quantitative estimate of drug-likeness (QED) is 0.842. The van der Waals surface area contributed by atoms with Gasteiger partial charge in [0.2, 0.25) is 0 Å². The van der Waals surface area contributed by atoms with E-state index < -0.39 is 5.60 Å². The topological polar surface area (TPSA) is 59.6 Å². The van der Waals surface area contributed by atoms with Crippen LogP contribution in [-0.2, 0) is 4.74 Å². The smallest absolute Gasteiger partial charge is 0.407 e. The highest BCUT2D eigenvalue weighted by Crippen LogP contribution is 2.35. The van der Waals surface area contributed by atoms with Crippen molar-refractivity contribution in [1.29, 1.82) is 0 Å². The van der Waals surface area contributed by atoms with Gasteiger partial charge in [0.1, 0.15) is 11.4 Å². The van der Waals surface area contributed by atoms with E-state index in [4.69, 9.17) is 9.47 Å². The Bertz CT molecular complexity index is 537. The van der Waals surface area contributed by atoms with Gasteiger partial charge in [0.15, 0.2) is 0 Å². The first-order valence-electron chi connectivity index (χ1n) is 7.37. The zero-order chi connectivity index (χ0) is 16.3. The van der Waals surface area contributed by atoms with Crippen LogP contribution in [0, 0.1) is 0 Å². The number of carbonyl (C=O) groups excluding carboxylic acids is 1. The van der Waals surface area contributed by atoms with Crippen LogP contribution in [0.3, 0.4) is 0 Å². The van der Waals surface area contributed by atoms with Gasteiger partial charge in [0.05, 0.1) is 12.8 Å². The number of alkyl carbamates (subject to hydrolysis) is 1. The number of methoxy groups -OCH3 is 1. The fourth-order valence-electron chi connectivity index (χ4n) is 2.35. The van der Waals surface area contributed by atoms with Crippen LogP contribution in [-0.4, -0.2) is 30.9 Å². The molecule has 0 radical (unpaired) electrons. The third-order valence-corrected chi connectivity index (χ3v) is 4.06. The number of ether oxygens (including phenoxy) is 2. The Morgan fingerprint density at radius 1 is 1.27 bits per heavy atom. The van der Waals surface area contributed by atoms with E-state index in [0.717, 1.165) is 28.8 Å². The highest BCUT2D eigenvalue weighted by Gasteiger charge is 2.32. The van der Waals surface area contributed by atoms with E-state index >= 15 is 0 Å². The van der Waals surface area contributed by atoms with Gasteiger partial charge in [-0.05, 0) is 61.7 Å². The average Bonchev–Trinajstić information content (AvgIpc) is 2.35. The monoisotopic (exact) mass is 370 g/mol. The number of halogens is 1. The van der Waals surface area contributed by atoms with E-state index in [1.54, 1.807) is 7.11 Å². The molecule has 1 saturated carbocycles. The minimum absolute atomic E-state index is 0.154. The summed E-state index contributed by atoms with van der Waals surface area (Å²) in [5.74, 6) is 0.804. The highest BCUT2D eigenvalue weighted by atomic mass is 79.9. The predicted molar refractivity (Wildman–Crippen MR) is 90.5 cm³/mol. The number of carbonyl (C=O) groups is 1. The van der Waals surface area contributed by atoms with Gasteiger partial charge in [-0.2, -0.15) is 0 Å². The fraction of sp³-hybridized carbons (Fsp3) is 0.562. The second-order valence-electron chi connectivity index (χ2n) is 6.47. The third-order valence-electron chi connectivity index (χ3n) is 3.40. The summed E-state index contributed by atoms with van der Waals surface area (Å²) in [4.78, 5) is 11.7. The van der Waals surface area contributed by atoms with E-state index in [9.17, 15) is 4.79 Å². The largest absolute Gasteiger partial charge is 0.495 e. The number of anilines is 1. The number of hydrogen-bond acceptors (Lipinski definition) is 4. The molecule has 1 aromatic rings. The molecule has 5 nitrogen and oxygen atoms in total. The lowest BCUT2D eigenvalue weighted by molar-refractivity contribution is 0.0475. The average molecular weight is 371 g/mol. The van der Waals surface area contributed by atoms with Gasteiger partial charge in [-0.15, -0.1) is 0 Å². The molecule has 122 valence electrons. The van der Waals surface area contributed by atoms with E-state index in [-0.39, 0.29) is 12.1 Å². The summed E-state index contributed by atoms with van der Waals surface area (Å²) in [6.07, 6.45) is 1.38. The van der Waals surface area contributed by atoms with Crippen molar-refractivity contribution in [3.05, 3.63) is 22.7 Å². The molecule has 22 heavy (non-hydrogen) atoms. The second-order valence-corrected chi connectivity index (χ2v) is 7.33. The molecule has 0 bridgehead atoms. The van der Waals surface area contributed by atoms with Crippen LogP contribution < -0.4 is 15.4 Å². The van der Waals surface area contributed by atoms with Crippen molar-refractivity contribution in [2.24, 2.45) is 0 Å². The first-order valence-corrected chi connectivity index (χ1v) is 8.16. The number of benzene rings is 1. The SMILES string of the molecule is COc1cccc(Br)c1NC1CC(NC(=O)OC(C)(C)C)C1. The number of nitrogens with one attached hydrogen (secondary N) is 2. The number of rotatable bonds is 4. The van der Waals surface area contributed by atoms with Crippen LogP contribution in [0.4, 0.5) is 10.5 Å². The zero-order valence-corrected chi connectivity index (χ0v) is 15.0. The van der Waals surface area contributed by atoms with Crippen molar-refractivity contribution in [2.75, 3.05) is 12.4 Å². The van der Waals surface area contributed by atoms with Gasteiger partial charge >= 0.3 is 6.09 Å². The number of amides is 1. The lowest BCUT2D eigenvalue weighted by Gasteiger charge is -2.37. The van der Waals surface area contributed by atoms with Gasteiger partial charge in [-0.25, -0.2) is 4.79 Å². The van der Waals surface area contributed by atoms with Gasteiger partial charge in [0.25, 0.3) is 0 Å². The minimum atomic E-state index is -0.465. The van der Waals surface area contributed by atoms with Crippen LogP contribution in [0.25, 0.3) is 0 Å². The van der Waals surface area contributed by atoms with Crippen molar-refractivity contribution in [1.82, 2.24) is 5.32 Å². The molecule has 1 amide bonds. The Morgan fingerprint density at radius 3 is 2.55 bits per heavy atom. The summed E-state index contributed by atoms with van der Waals surface area (Å²) >= 11 is 3.53. The van der Waals surface area contributed by atoms with Crippen molar-refractivity contribution in [3.8, 4) is 5.75 Å². The summed E-state index contributed by atoms with van der Waals surface area (Å²) in [6, 6.07) is 6.29. The Kier molecular flexibility index (Phi) is 5.21. The predicted octanol–water partition coefficient (Wildman–Crippen LogP) is 3.93. The van der Waals surface area contributed by atoms with E-state index in [0.29, 0.717) is 6.04 Å².